The van der Waals surface area contributed by atoms with Crippen molar-refractivity contribution in [3.63, 3.8) is 0 Å². The van der Waals surface area contributed by atoms with Gasteiger partial charge >= 0.3 is 11.9 Å². The van der Waals surface area contributed by atoms with Gasteiger partial charge < -0.3 is 39.4 Å². The van der Waals surface area contributed by atoms with Crippen molar-refractivity contribution in [3.8, 4) is 0 Å². The van der Waals surface area contributed by atoms with Gasteiger partial charge in [0.2, 0.25) is 0 Å². The molecule has 0 amide bonds. The average Bonchev–Trinajstić information content (AvgIpc) is 3.06. The van der Waals surface area contributed by atoms with E-state index in [9.17, 15) is 30.0 Å². The molecule has 6 atom stereocenters. The van der Waals surface area contributed by atoms with E-state index in [4.69, 9.17) is 18.9 Å². The van der Waals surface area contributed by atoms with E-state index in [1.165, 1.54) is 19.3 Å². The van der Waals surface area contributed by atoms with Gasteiger partial charge in [0.15, 0.2) is 12.4 Å². The smallest absolute Gasteiger partial charge is 0.306 e. The van der Waals surface area contributed by atoms with Gasteiger partial charge in [0, 0.05) is 12.8 Å². The van der Waals surface area contributed by atoms with Crippen LogP contribution in [0.15, 0.2) is 36.5 Å². The van der Waals surface area contributed by atoms with Crippen molar-refractivity contribution in [3.05, 3.63) is 36.5 Å². The lowest BCUT2D eigenvalue weighted by molar-refractivity contribution is -0.305. The Morgan fingerprint density at radius 1 is 0.681 bits per heavy atom. The van der Waals surface area contributed by atoms with E-state index in [0.29, 0.717) is 6.42 Å². The van der Waals surface area contributed by atoms with Crippen LogP contribution in [0.5, 0.6) is 0 Å². The highest BCUT2D eigenvalue weighted by atomic mass is 16.7. The second kappa shape index (κ2) is 28.9. The third-order valence-electron chi connectivity index (χ3n) is 8.04. The van der Waals surface area contributed by atoms with Crippen LogP contribution in [0.1, 0.15) is 129 Å². The van der Waals surface area contributed by atoms with Crippen molar-refractivity contribution in [1.29, 1.82) is 0 Å². The molecular weight excluding hydrogens is 604 g/mol. The Kier molecular flexibility index (Phi) is 26.4. The number of esters is 2. The first-order valence-electron chi connectivity index (χ1n) is 18.1. The molecule has 1 rings (SSSR count). The molecule has 1 fully saturated rings. The highest BCUT2D eigenvalue weighted by Crippen LogP contribution is 2.22. The molecule has 47 heavy (non-hydrogen) atoms. The molecule has 0 spiro atoms. The van der Waals surface area contributed by atoms with Crippen molar-refractivity contribution >= 4 is 11.9 Å². The van der Waals surface area contributed by atoms with Crippen LogP contribution in [-0.2, 0) is 28.5 Å². The molecule has 4 N–H and O–H groups in total. The van der Waals surface area contributed by atoms with E-state index >= 15 is 0 Å². The lowest BCUT2D eigenvalue weighted by atomic mass is 9.99. The topological polar surface area (TPSA) is 152 Å². The summed E-state index contributed by atoms with van der Waals surface area (Å²) in [5, 5.41) is 39.8. The maximum atomic E-state index is 12.6. The third kappa shape index (κ3) is 21.5. The minimum Gasteiger partial charge on any atom is -0.462 e. The fourth-order valence-corrected chi connectivity index (χ4v) is 5.14. The molecule has 10 nitrogen and oxygen atoms in total. The Hall–Kier alpha value is -2.08. The van der Waals surface area contributed by atoms with Crippen LogP contribution >= 0.6 is 0 Å². The summed E-state index contributed by atoms with van der Waals surface area (Å²) in [4.78, 5) is 25.0. The van der Waals surface area contributed by atoms with Crippen molar-refractivity contribution in [2.75, 3.05) is 19.8 Å². The number of carbonyl (C=O) groups is 2. The molecule has 1 aliphatic rings. The molecule has 0 saturated carbocycles. The van der Waals surface area contributed by atoms with Crippen LogP contribution in [0.3, 0.4) is 0 Å². The molecule has 1 aliphatic heterocycles. The van der Waals surface area contributed by atoms with Gasteiger partial charge in [-0.1, -0.05) is 108 Å². The minimum atomic E-state index is -1.59. The zero-order valence-corrected chi connectivity index (χ0v) is 29.0. The summed E-state index contributed by atoms with van der Waals surface area (Å²) < 4.78 is 21.9. The Morgan fingerprint density at radius 2 is 1.26 bits per heavy atom. The Bertz CT molecular complexity index is 871. The van der Waals surface area contributed by atoms with Gasteiger partial charge in [0.25, 0.3) is 0 Å². The minimum absolute atomic E-state index is 0.211. The van der Waals surface area contributed by atoms with Gasteiger partial charge in [0.1, 0.15) is 31.0 Å². The molecule has 10 heteroatoms. The van der Waals surface area contributed by atoms with Crippen LogP contribution in [0.25, 0.3) is 0 Å². The van der Waals surface area contributed by atoms with Crippen LogP contribution in [-0.4, -0.2) is 89.0 Å². The number of aliphatic hydroxyl groups is 4. The molecule has 0 aliphatic carbocycles. The first-order chi connectivity index (χ1) is 22.8. The Labute approximate surface area is 283 Å². The lowest BCUT2D eigenvalue weighted by Gasteiger charge is -2.39. The summed E-state index contributed by atoms with van der Waals surface area (Å²) >= 11 is 0. The number of hydrogen-bond acceptors (Lipinski definition) is 10. The number of ether oxygens (including phenoxy) is 4. The van der Waals surface area contributed by atoms with E-state index in [1.807, 2.05) is 0 Å². The third-order valence-corrected chi connectivity index (χ3v) is 8.04. The number of allylic oxidation sites excluding steroid dienone is 6. The van der Waals surface area contributed by atoms with Crippen LogP contribution < -0.4 is 0 Å². The molecule has 0 aromatic carbocycles. The van der Waals surface area contributed by atoms with Crippen molar-refractivity contribution in [2.24, 2.45) is 0 Å². The number of carbonyl (C=O) groups excluding carboxylic acids is 2. The zero-order chi connectivity index (χ0) is 34.5. The maximum absolute atomic E-state index is 12.6. The monoisotopic (exact) mass is 668 g/mol. The molecular formula is C37H64O10. The molecule has 1 saturated heterocycles. The number of hydrogen-bond donors (Lipinski definition) is 4. The van der Waals surface area contributed by atoms with Gasteiger partial charge in [-0.15, -0.1) is 0 Å². The Morgan fingerprint density at radius 3 is 1.89 bits per heavy atom. The molecule has 1 heterocycles. The summed E-state index contributed by atoms with van der Waals surface area (Å²) in [6, 6.07) is 0. The second-order valence-electron chi connectivity index (χ2n) is 12.3. The molecule has 272 valence electrons. The Balaban J connectivity index is 2.42. The van der Waals surface area contributed by atoms with E-state index in [1.54, 1.807) is 0 Å². The van der Waals surface area contributed by atoms with Gasteiger partial charge in [-0.25, -0.2) is 0 Å². The SMILES string of the molecule is CC/C=C\C/C=C\C/C=C\CCCCCCCC(=O)OC(COC(=O)CCCCCCCCC)CO[C@@H]1O[C@H](CO)[C@H](O)[C@H](O)[C@H]1O. The standard InChI is InChI=1S/C37H64O10/c1-3-5-7-9-11-12-13-14-15-16-17-18-20-22-24-26-33(40)46-30(28-44-32(39)25-23-21-19-10-8-6-4-2)29-45-37-36(43)35(42)34(41)31(27-38)47-37/h5,7,11-12,14-15,30-31,34-38,41-43H,3-4,6,8-10,13,16-29H2,1-2H3/b7-5-,12-11-,15-14-/t30?,31-,34+,35+,36-,37-/m1/s1. The average molecular weight is 669 g/mol. The van der Waals surface area contributed by atoms with Gasteiger partial charge in [-0.3, -0.25) is 9.59 Å². The van der Waals surface area contributed by atoms with E-state index in [0.717, 1.165) is 77.0 Å². The number of rotatable bonds is 28. The fraction of sp³-hybridized carbons (Fsp3) is 0.784. The number of unbranched alkanes of at least 4 members (excludes halogenated alkanes) is 11. The quantitative estimate of drug-likeness (QED) is 0.0445. The van der Waals surface area contributed by atoms with Crippen molar-refractivity contribution < 1.29 is 49.0 Å². The molecule has 0 radical (unpaired) electrons. The summed E-state index contributed by atoms with van der Waals surface area (Å²) in [5.41, 5.74) is 0. The highest BCUT2D eigenvalue weighted by Gasteiger charge is 2.44. The summed E-state index contributed by atoms with van der Waals surface area (Å²) in [7, 11) is 0. The van der Waals surface area contributed by atoms with Crippen molar-refractivity contribution in [2.45, 2.75) is 166 Å². The van der Waals surface area contributed by atoms with E-state index in [-0.39, 0.29) is 26.1 Å². The van der Waals surface area contributed by atoms with Crippen LogP contribution in [0.4, 0.5) is 0 Å². The fourth-order valence-electron chi connectivity index (χ4n) is 5.14. The number of aliphatic hydroxyl groups excluding tert-OH is 4. The molecule has 0 aromatic rings. The van der Waals surface area contributed by atoms with Gasteiger partial charge in [-0.05, 0) is 44.9 Å². The summed E-state index contributed by atoms with van der Waals surface area (Å²) in [6.07, 6.45) is 21.8. The van der Waals surface area contributed by atoms with Crippen LogP contribution in [0.2, 0.25) is 0 Å². The van der Waals surface area contributed by atoms with Gasteiger partial charge in [-0.2, -0.15) is 0 Å². The summed E-state index contributed by atoms with van der Waals surface area (Å²) in [5.74, 6) is -0.838. The largest absolute Gasteiger partial charge is 0.462 e. The molecule has 1 unspecified atom stereocenters. The molecule has 0 bridgehead atoms. The molecule has 0 aromatic heterocycles. The predicted molar refractivity (Wildman–Crippen MR) is 182 cm³/mol. The van der Waals surface area contributed by atoms with Gasteiger partial charge in [0.05, 0.1) is 13.2 Å². The normalized spacial score (nSPS) is 22.4. The van der Waals surface area contributed by atoms with Crippen molar-refractivity contribution in [1.82, 2.24) is 0 Å². The van der Waals surface area contributed by atoms with E-state index < -0.39 is 55.4 Å². The second-order valence-corrected chi connectivity index (χ2v) is 12.3. The van der Waals surface area contributed by atoms with E-state index in [2.05, 4.69) is 50.3 Å². The lowest BCUT2D eigenvalue weighted by Crippen LogP contribution is -2.59. The van der Waals surface area contributed by atoms with Crippen LogP contribution in [0, 0.1) is 0 Å². The first-order valence-corrected chi connectivity index (χ1v) is 18.1. The maximum Gasteiger partial charge on any atom is 0.306 e. The zero-order valence-electron chi connectivity index (χ0n) is 29.0. The highest BCUT2D eigenvalue weighted by molar-refractivity contribution is 5.70. The summed E-state index contributed by atoms with van der Waals surface area (Å²) in [6.45, 7) is 3.21. The first kappa shape index (κ1) is 42.9. The predicted octanol–water partition coefficient (Wildman–Crippen LogP) is 5.99.